The number of carbonyl (C=O) groups is 1. The smallest absolute Gasteiger partial charge is 0.225 e. The minimum Gasteiger partial charge on any atom is -0.457 e. The van der Waals surface area contributed by atoms with Crippen LogP contribution in [0.3, 0.4) is 0 Å². The van der Waals surface area contributed by atoms with Gasteiger partial charge in [-0.2, -0.15) is 0 Å². The largest absolute Gasteiger partial charge is 0.457 e. The van der Waals surface area contributed by atoms with Gasteiger partial charge >= 0.3 is 0 Å². The minimum absolute atomic E-state index is 0. The maximum Gasteiger partial charge on any atom is 0.225 e. The highest BCUT2D eigenvalue weighted by atomic mass is 35.5. The van der Waals surface area contributed by atoms with Crippen molar-refractivity contribution in [3.05, 3.63) is 54.6 Å². The van der Waals surface area contributed by atoms with Crippen LogP contribution < -0.4 is 15.8 Å². The molecule has 1 unspecified atom stereocenters. The molecule has 2 aromatic rings. The van der Waals surface area contributed by atoms with Crippen LogP contribution in [-0.2, 0) is 4.79 Å². The summed E-state index contributed by atoms with van der Waals surface area (Å²) < 4.78 is 5.75. The van der Waals surface area contributed by atoms with E-state index in [1.165, 1.54) is 0 Å². The number of carbonyl (C=O) groups excluding carboxylic acids is 1. The van der Waals surface area contributed by atoms with E-state index in [1.54, 1.807) is 0 Å². The second kappa shape index (κ2) is 9.74. The normalized spacial score (nSPS) is 19.3. The molecule has 1 amide bonds. The molecule has 0 aromatic heterocycles. The van der Waals surface area contributed by atoms with Gasteiger partial charge in [-0.15, -0.1) is 12.4 Å². The summed E-state index contributed by atoms with van der Waals surface area (Å²) in [7, 11) is 0. The molecule has 3 N–H and O–H groups in total. The summed E-state index contributed by atoms with van der Waals surface area (Å²) in [6.07, 6.45) is 1.59. The van der Waals surface area contributed by atoms with E-state index in [4.69, 9.17) is 10.5 Å². The lowest BCUT2D eigenvalue weighted by atomic mass is 9.90. The van der Waals surface area contributed by atoms with Crippen LogP contribution in [0.4, 0.5) is 5.69 Å². The summed E-state index contributed by atoms with van der Waals surface area (Å²) in [5.74, 6) is 1.56. The van der Waals surface area contributed by atoms with Crippen LogP contribution in [0.5, 0.6) is 11.5 Å². The molecule has 1 aliphatic heterocycles. The number of nitrogens with one attached hydrogen (secondary N) is 1. The summed E-state index contributed by atoms with van der Waals surface area (Å²) in [4.78, 5) is 14.5. The summed E-state index contributed by atoms with van der Waals surface area (Å²) in [6.45, 7) is 5.69. The van der Waals surface area contributed by atoms with E-state index in [2.05, 4.69) is 17.1 Å². The van der Waals surface area contributed by atoms with Crippen LogP contribution in [0.15, 0.2) is 54.6 Å². The predicted octanol–water partition coefficient (Wildman–Crippen LogP) is 3.90. The highest BCUT2D eigenvalue weighted by Crippen LogP contribution is 2.28. The zero-order chi connectivity index (χ0) is 18.4. The quantitative estimate of drug-likeness (QED) is 0.753. The lowest BCUT2D eigenvalue weighted by Crippen LogP contribution is -2.32. The standard InChI is InChI=1S/C21H27N3O2.ClH/c1-21(15-22)12-14-24(16-21)13-11-20(25)23-17-7-9-19(10-8-17)26-18-5-3-2-4-6-18;/h2-10H,11-16,22H2,1H3,(H,23,25);1H. The number of halogens is 1. The van der Waals surface area contributed by atoms with Gasteiger partial charge in [-0.3, -0.25) is 4.79 Å². The maximum absolute atomic E-state index is 12.2. The Bertz CT molecular complexity index is 724. The molecule has 0 aliphatic carbocycles. The molecule has 1 saturated heterocycles. The first kappa shape index (κ1) is 21.2. The number of anilines is 1. The third kappa shape index (κ3) is 6.24. The van der Waals surface area contributed by atoms with Crippen molar-refractivity contribution >= 4 is 24.0 Å². The Morgan fingerprint density at radius 3 is 2.44 bits per heavy atom. The number of para-hydroxylation sites is 1. The van der Waals surface area contributed by atoms with E-state index >= 15 is 0 Å². The number of nitrogens with two attached hydrogens (primary N) is 1. The molecule has 6 heteroatoms. The molecule has 3 rings (SSSR count). The zero-order valence-electron chi connectivity index (χ0n) is 15.7. The van der Waals surface area contributed by atoms with Crippen LogP contribution in [0.25, 0.3) is 0 Å². The Morgan fingerprint density at radius 2 is 1.81 bits per heavy atom. The number of likely N-dealkylation sites (tertiary alicyclic amines) is 1. The van der Waals surface area contributed by atoms with E-state index < -0.39 is 0 Å². The highest BCUT2D eigenvalue weighted by Gasteiger charge is 2.32. The van der Waals surface area contributed by atoms with Gasteiger partial charge in [0.15, 0.2) is 0 Å². The van der Waals surface area contributed by atoms with Crippen molar-refractivity contribution in [3.8, 4) is 11.5 Å². The molecule has 0 radical (unpaired) electrons. The van der Waals surface area contributed by atoms with Crippen molar-refractivity contribution in [2.24, 2.45) is 11.1 Å². The summed E-state index contributed by atoms with van der Waals surface area (Å²) >= 11 is 0. The van der Waals surface area contributed by atoms with Gasteiger partial charge in [-0.05, 0) is 61.3 Å². The molecule has 1 atom stereocenters. The maximum atomic E-state index is 12.2. The van der Waals surface area contributed by atoms with Gasteiger partial charge < -0.3 is 20.7 Å². The van der Waals surface area contributed by atoms with Crippen LogP contribution >= 0.6 is 12.4 Å². The Balaban J connectivity index is 0.00000261. The molecule has 146 valence electrons. The fraction of sp³-hybridized carbons (Fsp3) is 0.381. The van der Waals surface area contributed by atoms with Gasteiger partial charge in [0.2, 0.25) is 5.91 Å². The Hall–Kier alpha value is -2.08. The molecular weight excluding hydrogens is 362 g/mol. The predicted molar refractivity (Wildman–Crippen MR) is 112 cm³/mol. The first-order valence-corrected chi connectivity index (χ1v) is 9.12. The number of nitrogens with zero attached hydrogens (tertiary/aromatic N) is 1. The molecule has 1 aliphatic rings. The lowest BCUT2D eigenvalue weighted by molar-refractivity contribution is -0.116. The molecule has 1 fully saturated rings. The fourth-order valence-corrected chi connectivity index (χ4v) is 3.20. The van der Waals surface area contributed by atoms with Gasteiger partial charge in [-0.25, -0.2) is 0 Å². The molecule has 5 nitrogen and oxygen atoms in total. The van der Waals surface area contributed by atoms with Crippen LogP contribution in [0.2, 0.25) is 0 Å². The monoisotopic (exact) mass is 389 g/mol. The van der Waals surface area contributed by atoms with Crippen molar-refractivity contribution in [1.82, 2.24) is 4.90 Å². The molecule has 1 heterocycles. The number of hydrogen-bond donors (Lipinski definition) is 2. The average Bonchev–Trinajstić information content (AvgIpc) is 3.05. The molecule has 27 heavy (non-hydrogen) atoms. The number of amides is 1. The molecule has 2 aromatic carbocycles. The third-order valence-electron chi connectivity index (χ3n) is 4.90. The van der Waals surface area contributed by atoms with E-state index in [0.717, 1.165) is 43.2 Å². The van der Waals surface area contributed by atoms with Crippen LogP contribution in [0, 0.1) is 5.41 Å². The van der Waals surface area contributed by atoms with Crippen molar-refractivity contribution in [2.75, 3.05) is 31.5 Å². The van der Waals surface area contributed by atoms with Crippen molar-refractivity contribution in [2.45, 2.75) is 19.8 Å². The van der Waals surface area contributed by atoms with E-state index in [1.807, 2.05) is 54.6 Å². The second-order valence-electron chi connectivity index (χ2n) is 7.28. The molecule has 0 bridgehead atoms. The van der Waals surface area contributed by atoms with E-state index in [-0.39, 0.29) is 23.7 Å². The first-order valence-electron chi connectivity index (χ1n) is 9.12. The van der Waals surface area contributed by atoms with Gasteiger partial charge in [0.1, 0.15) is 11.5 Å². The SMILES string of the molecule is CC1(CN)CCN(CCC(=O)Nc2ccc(Oc3ccccc3)cc2)C1.Cl. The fourth-order valence-electron chi connectivity index (χ4n) is 3.20. The summed E-state index contributed by atoms with van der Waals surface area (Å²) in [5, 5.41) is 2.95. The van der Waals surface area contributed by atoms with Gasteiger partial charge in [0, 0.05) is 25.2 Å². The second-order valence-corrected chi connectivity index (χ2v) is 7.28. The average molecular weight is 390 g/mol. The first-order chi connectivity index (χ1) is 12.6. The number of ether oxygens (including phenoxy) is 1. The van der Waals surface area contributed by atoms with Crippen LogP contribution in [-0.4, -0.2) is 37.0 Å². The molecular formula is C21H28ClN3O2. The number of rotatable bonds is 7. The third-order valence-corrected chi connectivity index (χ3v) is 4.90. The topological polar surface area (TPSA) is 67.6 Å². The number of benzene rings is 2. The van der Waals surface area contributed by atoms with Gasteiger partial charge in [0.05, 0.1) is 0 Å². The van der Waals surface area contributed by atoms with Gasteiger partial charge in [0.25, 0.3) is 0 Å². The Labute approximate surface area is 167 Å². The van der Waals surface area contributed by atoms with Crippen molar-refractivity contribution < 1.29 is 9.53 Å². The van der Waals surface area contributed by atoms with Crippen molar-refractivity contribution in [3.63, 3.8) is 0 Å². The summed E-state index contributed by atoms with van der Waals surface area (Å²) in [6, 6.07) is 17.1. The zero-order valence-corrected chi connectivity index (χ0v) is 16.5. The minimum atomic E-state index is 0. The molecule has 0 spiro atoms. The van der Waals surface area contributed by atoms with Crippen LogP contribution in [0.1, 0.15) is 19.8 Å². The summed E-state index contributed by atoms with van der Waals surface area (Å²) in [5.41, 5.74) is 6.81. The highest BCUT2D eigenvalue weighted by molar-refractivity contribution is 5.90. The Morgan fingerprint density at radius 1 is 1.15 bits per heavy atom. The number of hydrogen-bond acceptors (Lipinski definition) is 4. The molecule has 0 saturated carbocycles. The van der Waals surface area contributed by atoms with E-state index in [9.17, 15) is 4.79 Å². The Kier molecular flexibility index (Phi) is 7.66. The lowest BCUT2D eigenvalue weighted by Gasteiger charge is -2.22. The van der Waals surface area contributed by atoms with Crippen molar-refractivity contribution in [1.29, 1.82) is 0 Å². The van der Waals surface area contributed by atoms with Gasteiger partial charge in [-0.1, -0.05) is 25.1 Å². The van der Waals surface area contributed by atoms with E-state index in [0.29, 0.717) is 13.0 Å².